The molecule has 2 aromatic heterocycles. The van der Waals surface area contributed by atoms with E-state index < -0.39 is 5.91 Å². The van der Waals surface area contributed by atoms with Crippen molar-refractivity contribution >= 4 is 28.8 Å². The fraction of sp³-hybridized carbons (Fsp3) is 0.308. The van der Waals surface area contributed by atoms with Crippen LogP contribution in [0.4, 0.5) is 0 Å². The first-order valence-corrected chi connectivity index (χ1v) is 6.31. The molecule has 0 aliphatic rings. The van der Waals surface area contributed by atoms with E-state index in [0.717, 1.165) is 5.52 Å². The van der Waals surface area contributed by atoms with E-state index in [4.69, 9.17) is 4.42 Å². The molecule has 0 unspecified atom stereocenters. The number of amides is 3. The van der Waals surface area contributed by atoms with Crippen LogP contribution in [0.1, 0.15) is 10.5 Å². The molecule has 2 rings (SSSR count). The minimum atomic E-state index is -0.440. The first-order chi connectivity index (χ1) is 10.0. The van der Waals surface area contributed by atoms with Crippen molar-refractivity contribution in [2.45, 2.75) is 0 Å². The Kier molecular flexibility index (Phi) is 4.27. The van der Waals surface area contributed by atoms with Gasteiger partial charge in [-0.25, -0.2) is 0 Å². The van der Waals surface area contributed by atoms with Gasteiger partial charge in [-0.2, -0.15) is 0 Å². The van der Waals surface area contributed by atoms with Gasteiger partial charge in [-0.05, 0) is 0 Å². The van der Waals surface area contributed by atoms with E-state index in [1.807, 2.05) is 0 Å². The van der Waals surface area contributed by atoms with Gasteiger partial charge in [-0.1, -0.05) is 0 Å². The molecule has 3 N–H and O–H groups in total. The second kappa shape index (κ2) is 6.12. The molecule has 8 nitrogen and oxygen atoms in total. The second-order valence-electron chi connectivity index (χ2n) is 4.39. The molecule has 0 atom stereocenters. The summed E-state index contributed by atoms with van der Waals surface area (Å²) in [5, 5.41) is 7.25. The Balaban J connectivity index is 1.89. The molecule has 0 saturated carbocycles. The van der Waals surface area contributed by atoms with Crippen LogP contribution in [-0.2, 0) is 16.6 Å². The van der Waals surface area contributed by atoms with Gasteiger partial charge in [-0.3, -0.25) is 14.4 Å². The number of furan rings is 1. The lowest BCUT2D eigenvalue weighted by atomic mass is 10.4. The highest BCUT2D eigenvalue weighted by atomic mass is 16.3. The molecule has 8 heteroatoms. The number of nitrogens with zero attached hydrogens (tertiary/aromatic N) is 1. The van der Waals surface area contributed by atoms with E-state index in [-0.39, 0.29) is 24.9 Å². The Hall–Kier alpha value is -2.77. The van der Waals surface area contributed by atoms with Crippen LogP contribution in [0.2, 0.25) is 0 Å². The highest BCUT2D eigenvalue weighted by molar-refractivity contribution is 5.99. The van der Waals surface area contributed by atoms with Gasteiger partial charge in [0.2, 0.25) is 11.8 Å². The summed E-state index contributed by atoms with van der Waals surface area (Å²) in [6.07, 6.45) is 1.54. The zero-order valence-corrected chi connectivity index (χ0v) is 11.7. The monoisotopic (exact) mass is 292 g/mol. The summed E-state index contributed by atoms with van der Waals surface area (Å²) in [6.45, 7) is -0.329. The van der Waals surface area contributed by atoms with Crippen LogP contribution in [0.25, 0.3) is 11.1 Å². The number of fused-ring (bicyclic) bond motifs is 1. The molecule has 0 aromatic carbocycles. The maximum atomic E-state index is 12.0. The average Bonchev–Trinajstić information content (AvgIpc) is 3.05. The van der Waals surface area contributed by atoms with E-state index in [2.05, 4.69) is 16.0 Å². The largest absolute Gasteiger partial charge is 0.463 e. The van der Waals surface area contributed by atoms with Crippen molar-refractivity contribution in [3.05, 3.63) is 24.1 Å². The number of carbonyl (C=O) groups is 3. The predicted octanol–water partition coefficient (Wildman–Crippen LogP) is -0.637. The third-order valence-electron chi connectivity index (χ3n) is 3.03. The summed E-state index contributed by atoms with van der Waals surface area (Å²) in [5.74, 6) is -1.14. The number of aromatic nitrogens is 1. The molecule has 21 heavy (non-hydrogen) atoms. The smallest absolute Gasteiger partial charge is 0.268 e. The molecule has 0 aliphatic carbocycles. The third kappa shape index (κ3) is 3.22. The number of nitrogens with one attached hydrogen (secondary N) is 3. The lowest BCUT2D eigenvalue weighted by Gasteiger charge is -2.07. The summed E-state index contributed by atoms with van der Waals surface area (Å²) >= 11 is 0. The molecule has 0 fully saturated rings. The molecule has 0 spiro atoms. The summed E-state index contributed by atoms with van der Waals surface area (Å²) in [5.41, 5.74) is 1.79. The van der Waals surface area contributed by atoms with Crippen LogP contribution in [0, 0.1) is 0 Å². The quantitative estimate of drug-likeness (QED) is 0.682. The van der Waals surface area contributed by atoms with Crippen LogP contribution < -0.4 is 16.0 Å². The molecular weight excluding hydrogens is 276 g/mol. The van der Waals surface area contributed by atoms with Gasteiger partial charge in [-0.15, -0.1) is 0 Å². The fourth-order valence-corrected chi connectivity index (χ4v) is 1.85. The third-order valence-corrected chi connectivity index (χ3v) is 3.03. The molecule has 0 radical (unpaired) electrons. The number of likely N-dealkylation sites (N-methyl/N-ethyl adjacent to an activating group) is 1. The molecule has 112 valence electrons. The predicted molar refractivity (Wildman–Crippen MR) is 74.6 cm³/mol. The summed E-state index contributed by atoms with van der Waals surface area (Å²) < 4.78 is 6.89. The molecule has 0 aliphatic heterocycles. The van der Waals surface area contributed by atoms with E-state index in [1.165, 1.54) is 7.05 Å². The van der Waals surface area contributed by atoms with Crippen LogP contribution in [-0.4, -0.2) is 42.4 Å². The van der Waals surface area contributed by atoms with Crippen molar-refractivity contribution in [3.8, 4) is 0 Å². The van der Waals surface area contributed by atoms with Crippen molar-refractivity contribution in [3.63, 3.8) is 0 Å². The minimum absolute atomic E-state index is 0.123. The molecular formula is C13H16N4O4. The topological polar surface area (TPSA) is 105 Å². The Morgan fingerprint density at radius 2 is 1.90 bits per heavy atom. The average molecular weight is 292 g/mol. The lowest BCUT2D eigenvalue weighted by Crippen LogP contribution is -2.41. The molecule has 2 heterocycles. The highest BCUT2D eigenvalue weighted by Crippen LogP contribution is 2.19. The van der Waals surface area contributed by atoms with Gasteiger partial charge in [0.1, 0.15) is 5.69 Å². The summed E-state index contributed by atoms with van der Waals surface area (Å²) in [6, 6.07) is 3.36. The van der Waals surface area contributed by atoms with E-state index in [0.29, 0.717) is 11.3 Å². The van der Waals surface area contributed by atoms with Crippen molar-refractivity contribution in [1.29, 1.82) is 0 Å². The van der Waals surface area contributed by atoms with Gasteiger partial charge < -0.3 is 24.9 Å². The Morgan fingerprint density at radius 3 is 2.57 bits per heavy atom. The molecule has 2 aromatic rings. The van der Waals surface area contributed by atoms with Gasteiger partial charge in [0, 0.05) is 26.2 Å². The van der Waals surface area contributed by atoms with Gasteiger partial charge in [0.25, 0.3) is 5.91 Å². The lowest BCUT2D eigenvalue weighted by molar-refractivity contribution is -0.125. The van der Waals surface area contributed by atoms with Crippen molar-refractivity contribution in [1.82, 2.24) is 20.5 Å². The van der Waals surface area contributed by atoms with Gasteiger partial charge in [0.15, 0.2) is 5.58 Å². The van der Waals surface area contributed by atoms with Crippen LogP contribution in [0.5, 0.6) is 0 Å². The number of aryl methyl sites for hydroxylation is 1. The zero-order valence-electron chi connectivity index (χ0n) is 11.7. The number of hydrogen-bond donors (Lipinski definition) is 3. The number of hydrogen-bond acceptors (Lipinski definition) is 4. The molecule has 0 saturated heterocycles. The number of carbonyl (C=O) groups excluding carboxylic acids is 3. The first-order valence-electron chi connectivity index (χ1n) is 6.31. The van der Waals surface area contributed by atoms with E-state index in [1.54, 1.807) is 30.0 Å². The second-order valence-corrected chi connectivity index (χ2v) is 4.39. The van der Waals surface area contributed by atoms with Crippen molar-refractivity contribution in [2.24, 2.45) is 7.05 Å². The van der Waals surface area contributed by atoms with Crippen molar-refractivity contribution < 1.29 is 18.8 Å². The zero-order chi connectivity index (χ0) is 15.4. The van der Waals surface area contributed by atoms with E-state index >= 15 is 0 Å². The van der Waals surface area contributed by atoms with Crippen LogP contribution >= 0.6 is 0 Å². The molecule has 3 amide bonds. The maximum Gasteiger partial charge on any atom is 0.268 e. The van der Waals surface area contributed by atoms with E-state index in [9.17, 15) is 14.4 Å². The van der Waals surface area contributed by atoms with Gasteiger partial charge >= 0.3 is 0 Å². The first kappa shape index (κ1) is 14.6. The Labute approximate surface area is 120 Å². The summed E-state index contributed by atoms with van der Waals surface area (Å²) in [7, 11) is 3.21. The van der Waals surface area contributed by atoms with Crippen LogP contribution in [0.15, 0.2) is 22.8 Å². The normalized spacial score (nSPS) is 10.4. The van der Waals surface area contributed by atoms with Crippen molar-refractivity contribution in [2.75, 3.05) is 20.1 Å². The number of rotatable bonds is 5. The van der Waals surface area contributed by atoms with Crippen LogP contribution in [0.3, 0.4) is 0 Å². The molecule has 0 bridgehead atoms. The maximum absolute atomic E-state index is 12.0. The SMILES string of the molecule is CNC(=O)CNC(=O)CNC(=O)c1cc2occc2n1C. The van der Waals surface area contributed by atoms with Gasteiger partial charge in [0.05, 0.1) is 24.9 Å². The summed E-state index contributed by atoms with van der Waals surface area (Å²) in [4.78, 5) is 34.4. The standard InChI is InChI=1S/C13H16N4O4/c1-14-11(18)6-15-12(19)7-16-13(20)9-5-10-8(17(9)2)3-4-21-10/h3-5H,6-7H2,1-2H3,(H,14,18)(H,15,19)(H,16,20). The Bertz CT molecular complexity index is 685. The Morgan fingerprint density at radius 1 is 1.19 bits per heavy atom. The highest BCUT2D eigenvalue weighted by Gasteiger charge is 2.15. The minimum Gasteiger partial charge on any atom is -0.463 e. The fourth-order valence-electron chi connectivity index (χ4n) is 1.85.